The van der Waals surface area contributed by atoms with Gasteiger partial charge in [-0.2, -0.15) is 9.78 Å². The van der Waals surface area contributed by atoms with Gasteiger partial charge in [0, 0.05) is 36.9 Å². The maximum Gasteiger partial charge on any atom is 0.272 e. The minimum atomic E-state index is -4.19. The first-order chi connectivity index (χ1) is 18.6. The molecule has 1 saturated carbocycles. The van der Waals surface area contributed by atoms with Gasteiger partial charge in [0.1, 0.15) is 16.5 Å². The second-order valence-corrected chi connectivity index (χ2v) is 11.1. The number of non-ortho nitro benzene ring substituents is 1. The van der Waals surface area contributed by atoms with Crippen molar-refractivity contribution in [3.8, 4) is 17.3 Å². The number of aromatic nitrogens is 2. The summed E-state index contributed by atoms with van der Waals surface area (Å²) in [7, 11) is -4.19. The van der Waals surface area contributed by atoms with E-state index in [1.165, 1.54) is 28.9 Å². The number of carbonyl (C=O) groups is 1. The summed E-state index contributed by atoms with van der Waals surface area (Å²) < 4.78 is 55.6. The molecule has 0 radical (unpaired) electrons. The van der Waals surface area contributed by atoms with E-state index in [1.54, 1.807) is 13.0 Å². The Morgan fingerprint density at radius 3 is 2.72 bits per heavy atom. The Kier molecular flexibility index (Phi) is 7.34. The van der Waals surface area contributed by atoms with Crippen LogP contribution in [0.25, 0.3) is 5.69 Å². The maximum atomic E-state index is 14.1. The quantitative estimate of drug-likeness (QED) is 0.283. The summed E-state index contributed by atoms with van der Waals surface area (Å²) >= 11 is 0. The molecule has 1 amide bonds. The van der Waals surface area contributed by atoms with Crippen LogP contribution in [0.15, 0.2) is 47.4 Å². The Hall–Kier alpha value is -3.88. The molecular formula is C25H26FN5O7S. The first-order valence-electron chi connectivity index (χ1n) is 12.4. The fourth-order valence-electron chi connectivity index (χ4n) is 4.19. The van der Waals surface area contributed by atoms with Crippen LogP contribution in [0.3, 0.4) is 0 Å². The van der Waals surface area contributed by atoms with Crippen molar-refractivity contribution < 1.29 is 32.0 Å². The van der Waals surface area contributed by atoms with Crippen molar-refractivity contribution >= 4 is 21.6 Å². The molecule has 1 saturated heterocycles. The summed E-state index contributed by atoms with van der Waals surface area (Å²) in [6.45, 7) is 2.46. The van der Waals surface area contributed by atoms with Crippen molar-refractivity contribution in [1.82, 2.24) is 19.8 Å². The highest BCUT2D eigenvalue weighted by Crippen LogP contribution is 2.36. The Bertz CT molecular complexity index is 1530. The van der Waals surface area contributed by atoms with E-state index in [0.29, 0.717) is 19.4 Å². The van der Waals surface area contributed by atoms with Crippen LogP contribution >= 0.6 is 0 Å². The number of carbonyl (C=O) groups excluding carboxylic acids is 1. The van der Waals surface area contributed by atoms with Gasteiger partial charge in [0.05, 0.1) is 16.7 Å². The zero-order valence-corrected chi connectivity index (χ0v) is 21.7. The molecule has 0 bridgehead atoms. The van der Waals surface area contributed by atoms with E-state index in [2.05, 4.69) is 15.1 Å². The number of nitrogens with zero attached hydrogens (tertiary/aromatic N) is 3. The summed E-state index contributed by atoms with van der Waals surface area (Å²) in [5.74, 6) is -1.36. The number of nitro benzene ring substituents is 1. The van der Waals surface area contributed by atoms with Crippen LogP contribution in [0.4, 0.5) is 10.1 Å². The van der Waals surface area contributed by atoms with Crippen molar-refractivity contribution in [2.75, 3.05) is 13.2 Å². The van der Waals surface area contributed by atoms with Gasteiger partial charge in [-0.3, -0.25) is 14.9 Å². The molecule has 2 aromatic carbocycles. The van der Waals surface area contributed by atoms with Crippen LogP contribution in [0.2, 0.25) is 0 Å². The molecule has 12 nitrogen and oxygen atoms in total. The van der Waals surface area contributed by atoms with Gasteiger partial charge < -0.3 is 14.8 Å². The van der Waals surface area contributed by atoms with Gasteiger partial charge in [0.15, 0.2) is 5.69 Å². The Balaban J connectivity index is 1.56. The molecule has 206 valence electrons. The number of nitrogens with one attached hydrogen (secondary N) is 2. The highest BCUT2D eigenvalue weighted by Gasteiger charge is 2.32. The number of amides is 1. The molecule has 1 aliphatic carbocycles. The van der Waals surface area contributed by atoms with Crippen LogP contribution in [0.1, 0.15) is 41.7 Å². The van der Waals surface area contributed by atoms with Crippen LogP contribution in [-0.2, 0) is 14.8 Å². The number of sulfonamides is 1. The van der Waals surface area contributed by atoms with Crippen molar-refractivity contribution in [2.24, 2.45) is 0 Å². The van der Waals surface area contributed by atoms with Crippen molar-refractivity contribution in [2.45, 2.75) is 49.6 Å². The highest BCUT2D eigenvalue weighted by molar-refractivity contribution is 7.89. The fraction of sp³-hybridized carbons (Fsp3) is 0.360. The second kappa shape index (κ2) is 10.7. The van der Waals surface area contributed by atoms with Gasteiger partial charge in [-0.25, -0.2) is 17.5 Å². The number of hydrogen-bond acceptors (Lipinski definition) is 8. The monoisotopic (exact) mass is 559 g/mol. The minimum Gasteiger partial charge on any atom is -0.437 e. The normalized spacial score (nSPS) is 17.2. The summed E-state index contributed by atoms with van der Waals surface area (Å²) in [4.78, 5) is 23.3. The molecule has 14 heteroatoms. The van der Waals surface area contributed by atoms with Crippen LogP contribution in [0.5, 0.6) is 11.6 Å². The first-order valence-corrected chi connectivity index (χ1v) is 13.8. The number of nitro groups is 1. The van der Waals surface area contributed by atoms with Gasteiger partial charge in [-0.15, -0.1) is 0 Å². The molecule has 0 unspecified atom stereocenters. The summed E-state index contributed by atoms with van der Waals surface area (Å²) in [5, 5.41) is 18.5. The van der Waals surface area contributed by atoms with Crippen molar-refractivity contribution in [3.63, 3.8) is 0 Å². The summed E-state index contributed by atoms with van der Waals surface area (Å²) in [6.07, 6.45) is 2.92. The SMILES string of the molecule is Cc1c(C(=O)NC[C@H]2CCCO2)nn(-c2cccc(F)c2)c1Oc1ccc([N+](=O)[O-])cc1S(=O)(=O)NC1CC1. The summed E-state index contributed by atoms with van der Waals surface area (Å²) in [5.41, 5.74) is 0.00687. The predicted molar refractivity (Wildman–Crippen MR) is 136 cm³/mol. The third-order valence-corrected chi connectivity index (χ3v) is 7.93. The number of rotatable bonds is 10. The van der Waals surface area contributed by atoms with Gasteiger partial charge in [0.25, 0.3) is 11.6 Å². The van der Waals surface area contributed by atoms with Gasteiger partial charge in [-0.1, -0.05) is 6.07 Å². The number of ether oxygens (including phenoxy) is 2. The molecule has 2 fully saturated rings. The van der Waals surface area contributed by atoms with Gasteiger partial charge >= 0.3 is 0 Å². The summed E-state index contributed by atoms with van der Waals surface area (Å²) in [6, 6.07) is 8.32. The highest BCUT2D eigenvalue weighted by atomic mass is 32.2. The van der Waals surface area contributed by atoms with E-state index in [9.17, 15) is 27.7 Å². The maximum absolute atomic E-state index is 14.1. The fourth-order valence-corrected chi connectivity index (χ4v) is 5.64. The minimum absolute atomic E-state index is 0.0188. The molecule has 0 spiro atoms. The molecule has 1 aromatic heterocycles. The molecule has 2 heterocycles. The lowest BCUT2D eigenvalue weighted by Gasteiger charge is -2.14. The van der Waals surface area contributed by atoms with Crippen LogP contribution in [0, 0.1) is 22.9 Å². The van der Waals surface area contributed by atoms with Gasteiger partial charge in [-0.05, 0) is 56.9 Å². The van der Waals surface area contributed by atoms with Crippen LogP contribution in [-0.4, -0.2) is 54.3 Å². The standard InChI is InChI=1S/C25H26FN5O7S/c1-15-23(24(32)27-14-20-6-3-11-37-20)28-30(18-5-2-4-16(26)12-18)25(15)38-21-10-9-19(31(33)34)13-22(21)39(35,36)29-17-7-8-17/h2,4-5,9-10,12-13,17,20,29H,3,6-8,11,14H2,1H3,(H,27,32)/t20-/m1/s1. The first kappa shape index (κ1) is 26.7. The smallest absolute Gasteiger partial charge is 0.272 e. The lowest BCUT2D eigenvalue weighted by atomic mass is 10.2. The number of benzene rings is 2. The van der Waals surface area contributed by atoms with Crippen molar-refractivity contribution in [1.29, 1.82) is 0 Å². The van der Waals surface area contributed by atoms with E-state index in [-0.39, 0.29) is 47.3 Å². The lowest BCUT2D eigenvalue weighted by Crippen LogP contribution is -2.32. The topological polar surface area (TPSA) is 155 Å². The molecule has 5 rings (SSSR count). The molecule has 2 aliphatic rings. The van der Waals surface area contributed by atoms with E-state index >= 15 is 0 Å². The molecule has 39 heavy (non-hydrogen) atoms. The van der Waals surface area contributed by atoms with E-state index in [0.717, 1.165) is 25.0 Å². The number of hydrogen-bond donors (Lipinski definition) is 2. The Morgan fingerprint density at radius 2 is 2.05 bits per heavy atom. The Morgan fingerprint density at radius 1 is 1.26 bits per heavy atom. The Labute approximate surface area is 223 Å². The average molecular weight is 560 g/mol. The third-order valence-electron chi connectivity index (χ3n) is 6.38. The second-order valence-electron chi connectivity index (χ2n) is 9.40. The molecule has 3 aromatic rings. The van der Waals surface area contributed by atoms with E-state index < -0.39 is 37.3 Å². The average Bonchev–Trinajstić information content (AvgIpc) is 3.42. The molecule has 1 aliphatic heterocycles. The predicted octanol–water partition coefficient (Wildman–Crippen LogP) is 3.37. The van der Waals surface area contributed by atoms with Crippen LogP contribution < -0.4 is 14.8 Å². The zero-order chi connectivity index (χ0) is 27.7. The van der Waals surface area contributed by atoms with Crippen molar-refractivity contribution in [3.05, 3.63) is 69.7 Å². The van der Waals surface area contributed by atoms with Gasteiger partial charge in [0.2, 0.25) is 15.9 Å². The number of halogens is 1. The molecule has 2 N–H and O–H groups in total. The largest absolute Gasteiger partial charge is 0.437 e. The lowest BCUT2D eigenvalue weighted by molar-refractivity contribution is -0.385. The molecular weight excluding hydrogens is 533 g/mol. The third kappa shape index (κ3) is 5.92. The zero-order valence-electron chi connectivity index (χ0n) is 20.9. The van der Waals surface area contributed by atoms with E-state index in [4.69, 9.17) is 9.47 Å². The molecule has 1 atom stereocenters. The van der Waals surface area contributed by atoms with E-state index in [1.807, 2.05) is 0 Å².